The van der Waals surface area contributed by atoms with Crippen LogP contribution < -0.4 is 5.32 Å². The minimum absolute atomic E-state index is 0.000813. The molecule has 0 radical (unpaired) electrons. The second-order valence-corrected chi connectivity index (χ2v) is 5.34. The molecule has 1 saturated carbocycles. The van der Waals surface area contributed by atoms with Gasteiger partial charge in [-0.1, -0.05) is 12.8 Å². The highest BCUT2D eigenvalue weighted by Crippen LogP contribution is 2.27. The normalized spacial score (nSPS) is 22.4. The van der Waals surface area contributed by atoms with Crippen molar-refractivity contribution in [1.29, 1.82) is 0 Å². The molecule has 0 spiro atoms. The molecule has 2 rings (SSSR count). The Morgan fingerprint density at radius 1 is 1.40 bits per heavy atom. The first-order valence-electron chi connectivity index (χ1n) is 7.19. The molecule has 6 heteroatoms. The van der Waals surface area contributed by atoms with Crippen molar-refractivity contribution < 1.29 is 10.0 Å². The standard InChI is InChI=1S/C14H21N3O3/c18-13-6-2-1-4-11(13)5-3-9-15-14-8-7-12(10-16-14)17(19)20/h7-8,10-11,13,18H,1-6,9H2,(H,15,16). The number of nitrogens with zero attached hydrogens (tertiary/aromatic N) is 2. The maximum atomic E-state index is 10.5. The van der Waals surface area contributed by atoms with Gasteiger partial charge in [-0.3, -0.25) is 10.1 Å². The lowest BCUT2D eigenvalue weighted by molar-refractivity contribution is -0.385. The Hall–Kier alpha value is -1.69. The smallest absolute Gasteiger partial charge is 0.287 e. The molecule has 0 amide bonds. The molecule has 1 aliphatic carbocycles. The van der Waals surface area contributed by atoms with E-state index in [0.717, 1.165) is 38.6 Å². The number of rotatable bonds is 6. The summed E-state index contributed by atoms with van der Waals surface area (Å²) in [6.07, 6.45) is 7.52. The summed E-state index contributed by atoms with van der Waals surface area (Å²) < 4.78 is 0. The third-order valence-corrected chi connectivity index (χ3v) is 3.89. The van der Waals surface area contributed by atoms with Gasteiger partial charge in [0.2, 0.25) is 0 Å². The predicted molar refractivity (Wildman–Crippen MR) is 76.6 cm³/mol. The van der Waals surface area contributed by atoms with Crippen LogP contribution in [0.4, 0.5) is 11.5 Å². The van der Waals surface area contributed by atoms with Crippen molar-refractivity contribution in [3.05, 3.63) is 28.4 Å². The quantitative estimate of drug-likeness (QED) is 0.475. The molecule has 0 aromatic carbocycles. The van der Waals surface area contributed by atoms with Gasteiger partial charge in [-0.05, 0) is 37.7 Å². The lowest BCUT2D eigenvalue weighted by atomic mass is 9.83. The number of nitro groups is 1. The van der Waals surface area contributed by atoms with Crippen LogP contribution in [0.25, 0.3) is 0 Å². The molecule has 0 saturated heterocycles. The molecule has 1 heterocycles. The Morgan fingerprint density at radius 3 is 2.85 bits per heavy atom. The number of hydrogen-bond donors (Lipinski definition) is 2. The number of nitrogens with one attached hydrogen (secondary N) is 1. The lowest BCUT2D eigenvalue weighted by Gasteiger charge is -2.27. The highest BCUT2D eigenvalue weighted by molar-refractivity contribution is 5.39. The van der Waals surface area contributed by atoms with Gasteiger partial charge < -0.3 is 10.4 Å². The molecule has 0 aliphatic heterocycles. The first-order chi connectivity index (χ1) is 9.66. The van der Waals surface area contributed by atoms with Crippen LogP contribution in [-0.2, 0) is 0 Å². The minimum Gasteiger partial charge on any atom is -0.393 e. The van der Waals surface area contributed by atoms with E-state index < -0.39 is 4.92 Å². The zero-order valence-corrected chi connectivity index (χ0v) is 11.5. The van der Waals surface area contributed by atoms with Gasteiger partial charge in [0.05, 0.1) is 11.0 Å². The van der Waals surface area contributed by atoms with Gasteiger partial charge in [0, 0.05) is 12.6 Å². The summed E-state index contributed by atoms with van der Waals surface area (Å²) in [5.74, 6) is 1.08. The second kappa shape index (κ2) is 7.19. The topological polar surface area (TPSA) is 88.3 Å². The van der Waals surface area contributed by atoms with Crippen LogP contribution >= 0.6 is 0 Å². The van der Waals surface area contributed by atoms with Crippen molar-refractivity contribution in [2.45, 2.75) is 44.6 Å². The van der Waals surface area contributed by atoms with Crippen LogP contribution in [-0.4, -0.2) is 27.7 Å². The van der Waals surface area contributed by atoms with Gasteiger partial charge in [-0.15, -0.1) is 0 Å². The van der Waals surface area contributed by atoms with Crippen LogP contribution in [0, 0.1) is 16.0 Å². The van der Waals surface area contributed by atoms with Crippen molar-refractivity contribution >= 4 is 11.5 Å². The molecule has 2 atom stereocenters. The maximum Gasteiger partial charge on any atom is 0.287 e. The number of hydrogen-bond acceptors (Lipinski definition) is 5. The molecule has 1 aliphatic rings. The van der Waals surface area contributed by atoms with Crippen molar-refractivity contribution in [2.75, 3.05) is 11.9 Å². The van der Waals surface area contributed by atoms with E-state index >= 15 is 0 Å². The third kappa shape index (κ3) is 4.16. The molecule has 1 fully saturated rings. The van der Waals surface area contributed by atoms with E-state index in [2.05, 4.69) is 10.3 Å². The number of pyridine rings is 1. The van der Waals surface area contributed by atoms with Gasteiger partial charge in [0.1, 0.15) is 12.0 Å². The summed E-state index contributed by atoms with van der Waals surface area (Å²) >= 11 is 0. The van der Waals surface area contributed by atoms with Crippen molar-refractivity contribution in [3.8, 4) is 0 Å². The summed E-state index contributed by atoms with van der Waals surface area (Å²) in [6.45, 7) is 0.772. The van der Waals surface area contributed by atoms with E-state index in [1.165, 1.54) is 18.7 Å². The Labute approximate surface area is 118 Å². The number of anilines is 1. The van der Waals surface area contributed by atoms with Gasteiger partial charge in [-0.25, -0.2) is 4.98 Å². The predicted octanol–water partition coefficient (Wildman–Crippen LogP) is 2.73. The van der Waals surface area contributed by atoms with Crippen molar-refractivity contribution in [2.24, 2.45) is 5.92 Å². The number of aromatic nitrogens is 1. The number of aliphatic hydroxyl groups excluding tert-OH is 1. The molecule has 2 N–H and O–H groups in total. The number of aliphatic hydroxyl groups is 1. The van der Waals surface area contributed by atoms with E-state index in [0.29, 0.717) is 11.7 Å². The van der Waals surface area contributed by atoms with Crippen LogP contribution in [0.15, 0.2) is 18.3 Å². The fraction of sp³-hybridized carbons (Fsp3) is 0.643. The average Bonchev–Trinajstić information content (AvgIpc) is 2.46. The summed E-state index contributed by atoms with van der Waals surface area (Å²) in [7, 11) is 0. The molecule has 20 heavy (non-hydrogen) atoms. The van der Waals surface area contributed by atoms with Crippen LogP contribution in [0.2, 0.25) is 0 Å². The fourth-order valence-electron chi connectivity index (χ4n) is 2.70. The molecule has 6 nitrogen and oxygen atoms in total. The highest BCUT2D eigenvalue weighted by atomic mass is 16.6. The molecule has 1 aromatic rings. The van der Waals surface area contributed by atoms with Crippen LogP contribution in [0.3, 0.4) is 0 Å². The largest absolute Gasteiger partial charge is 0.393 e. The van der Waals surface area contributed by atoms with E-state index in [-0.39, 0.29) is 11.8 Å². The minimum atomic E-state index is -0.457. The van der Waals surface area contributed by atoms with E-state index in [1.54, 1.807) is 6.07 Å². The van der Waals surface area contributed by atoms with Gasteiger partial charge >= 0.3 is 0 Å². The first-order valence-corrected chi connectivity index (χ1v) is 7.19. The summed E-state index contributed by atoms with van der Waals surface area (Å²) in [5, 5.41) is 23.5. The average molecular weight is 279 g/mol. The maximum absolute atomic E-state index is 10.5. The van der Waals surface area contributed by atoms with E-state index in [9.17, 15) is 15.2 Å². The molecule has 0 bridgehead atoms. The Kier molecular flexibility index (Phi) is 5.29. The zero-order valence-electron chi connectivity index (χ0n) is 11.5. The van der Waals surface area contributed by atoms with Crippen LogP contribution in [0.5, 0.6) is 0 Å². The fourth-order valence-corrected chi connectivity index (χ4v) is 2.70. The van der Waals surface area contributed by atoms with Crippen molar-refractivity contribution in [3.63, 3.8) is 0 Å². The Bertz CT molecular complexity index is 436. The van der Waals surface area contributed by atoms with Gasteiger partial charge in [0.25, 0.3) is 5.69 Å². The Balaban J connectivity index is 1.69. The first kappa shape index (κ1) is 14.7. The summed E-state index contributed by atoms with van der Waals surface area (Å²) in [6, 6.07) is 3.06. The summed E-state index contributed by atoms with van der Waals surface area (Å²) in [5.41, 5.74) is 0.000813. The van der Waals surface area contributed by atoms with Crippen LogP contribution in [0.1, 0.15) is 38.5 Å². The third-order valence-electron chi connectivity index (χ3n) is 3.89. The summed E-state index contributed by atoms with van der Waals surface area (Å²) in [4.78, 5) is 14.0. The second-order valence-electron chi connectivity index (χ2n) is 5.34. The van der Waals surface area contributed by atoms with Gasteiger partial charge in [0.15, 0.2) is 0 Å². The SMILES string of the molecule is O=[N+]([O-])c1ccc(NCCCC2CCCCC2O)nc1. The molecule has 1 aromatic heterocycles. The molecular weight excluding hydrogens is 258 g/mol. The Morgan fingerprint density at radius 2 is 2.20 bits per heavy atom. The molecular formula is C14H21N3O3. The lowest BCUT2D eigenvalue weighted by Crippen LogP contribution is -2.24. The van der Waals surface area contributed by atoms with Gasteiger partial charge in [-0.2, -0.15) is 0 Å². The monoisotopic (exact) mass is 279 g/mol. The molecule has 2 unspecified atom stereocenters. The van der Waals surface area contributed by atoms with Crippen molar-refractivity contribution in [1.82, 2.24) is 4.98 Å². The van der Waals surface area contributed by atoms with E-state index in [4.69, 9.17) is 0 Å². The zero-order chi connectivity index (χ0) is 14.4. The molecule has 110 valence electrons. The highest BCUT2D eigenvalue weighted by Gasteiger charge is 2.22. The van der Waals surface area contributed by atoms with E-state index in [1.807, 2.05) is 0 Å².